The molecule has 5 rings (SSSR count). The van der Waals surface area contributed by atoms with Gasteiger partial charge in [-0.3, -0.25) is 19.6 Å². The second-order valence-electron chi connectivity index (χ2n) is 12.2. The number of pyridine rings is 1. The molecular weight excluding hydrogens is 749 g/mol. The van der Waals surface area contributed by atoms with E-state index in [0.717, 1.165) is 42.1 Å². The summed E-state index contributed by atoms with van der Waals surface area (Å²) in [6.07, 6.45) is -13.6. The zero-order chi connectivity index (χ0) is 39.6. The Morgan fingerprint density at radius 2 is 1.40 bits per heavy atom. The fourth-order valence-electron chi connectivity index (χ4n) is 5.35. The lowest BCUT2D eigenvalue weighted by molar-refractivity contribution is -0.275. The van der Waals surface area contributed by atoms with Gasteiger partial charge in [-0.1, -0.05) is 35.9 Å². The predicted molar refractivity (Wildman–Crippen MR) is 171 cm³/mol. The summed E-state index contributed by atoms with van der Waals surface area (Å²) in [5, 5.41) is 3.08. The number of alkyl halides is 9. The number of halogens is 9. The fourth-order valence-corrected chi connectivity index (χ4v) is 5.83. The fraction of sp³-hybridized carbons (Fsp3) is 0.294. The molecule has 2 atom stereocenters. The van der Waals surface area contributed by atoms with Crippen LogP contribution in [0.5, 0.6) is 11.5 Å². The summed E-state index contributed by atoms with van der Waals surface area (Å²) in [7, 11) is -4.02. The van der Waals surface area contributed by atoms with E-state index in [2.05, 4.69) is 19.8 Å². The third-order valence-electron chi connectivity index (χ3n) is 7.76. The van der Waals surface area contributed by atoms with Gasteiger partial charge in [-0.25, -0.2) is 0 Å². The van der Waals surface area contributed by atoms with Crippen LogP contribution in [0.15, 0.2) is 96.0 Å². The van der Waals surface area contributed by atoms with Gasteiger partial charge in [-0.2, -0.15) is 21.6 Å². The molecule has 0 aliphatic carbocycles. The SMILES string of the molecule is CC(C)(N[C@@H]1C[C@H](c2cccc(OC(F)(F)F)c2)N(c2ccc(OC(F)(F)F)cc2)C1=O)c1ccc(C(F)(F)F)nc1.Cc1ccc(S(=O)(=O)O)cc1. The zero-order valence-electron chi connectivity index (χ0n) is 27.7. The number of anilines is 1. The van der Waals surface area contributed by atoms with Gasteiger partial charge in [0.1, 0.15) is 17.2 Å². The van der Waals surface area contributed by atoms with E-state index in [0.29, 0.717) is 5.56 Å². The first-order valence-electron chi connectivity index (χ1n) is 15.2. The topological polar surface area (TPSA) is 118 Å². The van der Waals surface area contributed by atoms with Crippen molar-refractivity contribution >= 4 is 21.7 Å². The molecule has 0 bridgehead atoms. The first kappa shape index (κ1) is 40.9. The van der Waals surface area contributed by atoms with Crippen LogP contribution in [0.3, 0.4) is 0 Å². The van der Waals surface area contributed by atoms with E-state index in [9.17, 15) is 52.7 Å². The van der Waals surface area contributed by atoms with Crippen LogP contribution in [0, 0.1) is 6.92 Å². The number of amides is 1. The lowest BCUT2D eigenvalue weighted by Gasteiger charge is -2.30. The number of aryl methyl sites for hydroxylation is 1. The van der Waals surface area contributed by atoms with Crippen molar-refractivity contribution in [2.75, 3.05) is 4.90 Å². The van der Waals surface area contributed by atoms with Gasteiger partial charge in [0, 0.05) is 17.4 Å². The molecule has 9 nitrogen and oxygen atoms in total. The average molecular weight is 780 g/mol. The Bertz CT molecular complexity index is 1990. The van der Waals surface area contributed by atoms with Crippen molar-refractivity contribution in [1.29, 1.82) is 0 Å². The molecule has 0 saturated carbocycles. The Kier molecular flexibility index (Phi) is 11.7. The number of aromatic nitrogens is 1. The van der Waals surface area contributed by atoms with Crippen LogP contribution in [-0.2, 0) is 26.6 Å². The number of nitrogens with one attached hydrogen (secondary N) is 1. The van der Waals surface area contributed by atoms with Crippen LogP contribution in [0.2, 0.25) is 0 Å². The van der Waals surface area contributed by atoms with Crippen LogP contribution in [0.4, 0.5) is 45.2 Å². The summed E-state index contributed by atoms with van der Waals surface area (Å²) < 4.78 is 153. The third-order valence-corrected chi connectivity index (χ3v) is 8.63. The van der Waals surface area contributed by atoms with Crippen LogP contribution < -0.4 is 19.7 Å². The quantitative estimate of drug-likeness (QED) is 0.135. The number of nitrogens with zero attached hydrogens (tertiary/aromatic N) is 2. The molecule has 1 aromatic heterocycles. The van der Waals surface area contributed by atoms with Crippen molar-refractivity contribution in [1.82, 2.24) is 10.3 Å². The van der Waals surface area contributed by atoms with E-state index in [1.54, 1.807) is 26.0 Å². The second kappa shape index (κ2) is 15.2. The summed E-state index contributed by atoms with van der Waals surface area (Å²) in [6, 6.07) is 15.3. The maximum atomic E-state index is 13.7. The number of rotatable bonds is 8. The van der Waals surface area contributed by atoms with Gasteiger partial charge >= 0.3 is 18.9 Å². The molecule has 53 heavy (non-hydrogen) atoms. The lowest BCUT2D eigenvalue weighted by atomic mass is 9.93. The summed E-state index contributed by atoms with van der Waals surface area (Å²) >= 11 is 0. The number of carbonyl (C=O) groups excluding carboxylic acids is 1. The molecule has 1 aliphatic rings. The minimum Gasteiger partial charge on any atom is -0.406 e. The lowest BCUT2D eigenvalue weighted by Crippen LogP contribution is -2.47. The van der Waals surface area contributed by atoms with E-state index in [1.807, 2.05) is 6.92 Å². The first-order valence-corrected chi connectivity index (χ1v) is 16.7. The molecule has 1 amide bonds. The zero-order valence-corrected chi connectivity index (χ0v) is 28.5. The molecule has 1 saturated heterocycles. The summed E-state index contributed by atoms with van der Waals surface area (Å²) in [6.45, 7) is 5.04. The van der Waals surface area contributed by atoms with E-state index in [-0.39, 0.29) is 22.6 Å². The summed E-state index contributed by atoms with van der Waals surface area (Å²) in [5.41, 5.74) is -0.586. The molecule has 1 fully saturated rings. The van der Waals surface area contributed by atoms with Gasteiger partial charge in [0.15, 0.2) is 0 Å². The van der Waals surface area contributed by atoms with Gasteiger partial charge in [-0.05, 0) is 92.9 Å². The summed E-state index contributed by atoms with van der Waals surface area (Å²) in [5.74, 6) is -1.69. The van der Waals surface area contributed by atoms with Crippen molar-refractivity contribution in [3.05, 3.63) is 114 Å². The van der Waals surface area contributed by atoms with Crippen LogP contribution in [0.1, 0.15) is 48.7 Å². The number of benzene rings is 3. The average Bonchev–Trinajstić information content (AvgIpc) is 3.34. The highest BCUT2D eigenvalue weighted by atomic mass is 32.2. The van der Waals surface area contributed by atoms with E-state index < -0.39 is 69.7 Å². The number of hydrogen-bond acceptors (Lipinski definition) is 7. The molecule has 3 aromatic carbocycles. The van der Waals surface area contributed by atoms with Crippen molar-refractivity contribution in [2.24, 2.45) is 0 Å². The Labute approximate surface area is 297 Å². The highest BCUT2D eigenvalue weighted by Gasteiger charge is 2.44. The predicted octanol–water partition coefficient (Wildman–Crippen LogP) is 8.51. The van der Waals surface area contributed by atoms with Crippen LogP contribution in [0.25, 0.3) is 0 Å². The molecule has 4 aromatic rings. The maximum absolute atomic E-state index is 13.7. The minimum atomic E-state index is -4.98. The third kappa shape index (κ3) is 11.3. The summed E-state index contributed by atoms with van der Waals surface area (Å²) in [4.78, 5) is 18.3. The molecule has 2 heterocycles. The smallest absolute Gasteiger partial charge is 0.406 e. The Hall–Kier alpha value is -4.88. The van der Waals surface area contributed by atoms with Gasteiger partial charge in [0.25, 0.3) is 10.1 Å². The van der Waals surface area contributed by atoms with Gasteiger partial charge in [0.05, 0.1) is 17.0 Å². The Morgan fingerprint density at radius 3 is 1.91 bits per heavy atom. The minimum absolute atomic E-state index is 0.0212. The van der Waals surface area contributed by atoms with Crippen molar-refractivity contribution < 1.29 is 66.8 Å². The normalized spacial score (nSPS) is 16.9. The van der Waals surface area contributed by atoms with E-state index in [1.165, 1.54) is 47.4 Å². The molecule has 0 unspecified atom stereocenters. The number of carbonyl (C=O) groups is 1. The van der Waals surface area contributed by atoms with Crippen molar-refractivity contribution in [3.8, 4) is 11.5 Å². The first-order chi connectivity index (χ1) is 24.3. The largest absolute Gasteiger partial charge is 0.573 e. The molecule has 0 spiro atoms. The second-order valence-corrected chi connectivity index (χ2v) is 13.6. The monoisotopic (exact) mass is 779 g/mol. The molecule has 0 radical (unpaired) electrons. The van der Waals surface area contributed by atoms with E-state index >= 15 is 0 Å². The Morgan fingerprint density at radius 1 is 0.811 bits per heavy atom. The molecule has 286 valence electrons. The molecule has 2 N–H and O–H groups in total. The molecule has 1 aliphatic heterocycles. The number of hydrogen-bond donors (Lipinski definition) is 2. The van der Waals surface area contributed by atoms with Crippen LogP contribution >= 0.6 is 0 Å². The Balaban J connectivity index is 0.000000488. The molecule has 19 heteroatoms. The van der Waals surface area contributed by atoms with Gasteiger partial charge < -0.3 is 14.4 Å². The van der Waals surface area contributed by atoms with Crippen molar-refractivity contribution in [3.63, 3.8) is 0 Å². The highest BCUT2D eigenvalue weighted by Crippen LogP contribution is 2.41. The van der Waals surface area contributed by atoms with Gasteiger partial charge in [0.2, 0.25) is 5.91 Å². The highest BCUT2D eigenvalue weighted by molar-refractivity contribution is 7.85. The van der Waals surface area contributed by atoms with Crippen LogP contribution in [-0.4, -0.2) is 42.6 Å². The maximum Gasteiger partial charge on any atom is 0.573 e. The standard InChI is InChI=1S/C27H22F9N3O3.C7H8O3S/c1-24(2,16-6-11-22(37-14-16)25(28,29)30)38-20-13-21(15-4-3-5-19(12-15)42-27(34,35)36)39(23(20)40)17-7-9-18(10-8-17)41-26(31,32)33;1-6-2-4-7(5-3-6)11(8,9)10/h3-12,14,20-21,38H,13H2,1-2H3;2-5H,1H3,(H,8,9,10)/t20-,21-;/m1./s1. The number of ether oxygens (including phenoxy) is 2. The molecular formula is C34H30F9N3O6S. The van der Waals surface area contributed by atoms with E-state index in [4.69, 9.17) is 4.55 Å². The van der Waals surface area contributed by atoms with Crippen molar-refractivity contribution in [2.45, 2.75) is 68.6 Å². The van der Waals surface area contributed by atoms with Gasteiger partial charge in [-0.15, -0.1) is 26.3 Å².